The van der Waals surface area contributed by atoms with Crippen molar-refractivity contribution < 1.29 is 44.1 Å². The number of benzene rings is 2. The third kappa shape index (κ3) is 5.77. The van der Waals surface area contributed by atoms with E-state index in [1.54, 1.807) is 12.1 Å². The Labute approximate surface area is 170 Å². The molecule has 0 radical (unpaired) electrons. The van der Waals surface area contributed by atoms with Crippen molar-refractivity contribution in [2.24, 2.45) is 4.99 Å². The summed E-state index contributed by atoms with van der Waals surface area (Å²) in [6.07, 6.45) is 0.872. The molecule has 2 aromatic rings. The first-order chi connectivity index (χ1) is 12.5. The molecule has 0 saturated carbocycles. The number of para-hydroxylation sites is 1. The summed E-state index contributed by atoms with van der Waals surface area (Å²) in [6.45, 7) is 5.94. The second-order valence-corrected chi connectivity index (χ2v) is 13.9. The molecular weight excluding hydrogens is 464 g/mol. The summed E-state index contributed by atoms with van der Waals surface area (Å²) in [4.78, 5) is 3.36. The molecule has 0 unspecified atom stereocenters. The van der Waals surface area contributed by atoms with E-state index in [1.165, 1.54) is 6.07 Å². The van der Waals surface area contributed by atoms with Gasteiger partial charge < -0.3 is 5.11 Å². The molecule has 2 aromatic carbocycles. The molecule has 0 saturated heterocycles. The zero-order valence-corrected chi connectivity index (χ0v) is 18.4. The van der Waals surface area contributed by atoms with Crippen molar-refractivity contribution in [1.29, 1.82) is 0 Å². The van der Waals surface area contributed by atoms with E-state index >= 15 is 0 Å². The van der Waals surface area contributed by atoms with Crippen LogP contribution in [-0.2, 0) is 17.0 Å². The van der Waals surface area contributed by atoms with Gasteiger partial charge in [0.05, 0.1) is 8.07 Å². The number of rotatable bonds is 3. The molecule has 0 aliphatic rings. The molecule has 2 nitrogen and oxygen atoms in total. The first-order valence-corrected chi connectivity index (χ1v) is 15.1. The number of hydrogen-bond donors (Lipinski definition) is 1. The summed E-state index contributed by atoms with van der Waals surface area (Å²) in [6, 6.07) is 4.76. The Morgan fingerprint density at radius 3 is 1.81 bits per heavy atom. The van der Waals surface area contributed by atoms with Crippen LogP contribution in [0.1, 0.15) is 5.56 Å². The van der Waals surface area contributed by atoms with Gasteiger partial charge in [0.2, 0.25) is 5.82 Å². The van der Waals surface area contributed by atoms with E-state index in [0.717, 1.165) is 6.21 Å². The average Bonchev–Trinajstić information content (AvgIpc) is 2.59. The van der Waals surface area contributed by atoms with E-state index in [1.807, 2.05) is 19.6 Å². The third-order valence-electron chi connectivity index (χ3n) is 3.39. The maximum atomic E-state index is 13.6. The van der Waals surface area contributed by atoms with Gasteiger partial charge in [-0.1, -0.05) is 31.8 Å². The molecule has 1 N–H and O–H groups in total. The number of phenols is 1. The number of aliphatic imine (C=N–C) groups is 1. The molecule has 0 fully saturated rings. The molecule has 0 aromatic heterocycles. The van der Waals surface area contributed by atoms with Gasteiger partial charge in [0.25, 0.3) is 0 Å². The molecule has 2 rings (SSSR count). The van der Waals surface area contributed by atoms with Crippen LogP contribution >= 0.6 is 18.6 Å². The number of aromatic hydroxyl groups is 1. The molecular formula is C16H14Cl2F5NOSiTi. The van der Waals surface area contributed by atoms with Gasteiger partial charge >= 0.3 is 35.6 Å². The molecule has 0 amide bonds. The zero-order valence-electron chi connectivity index (χ0n) is 14.3. The van der Waals surface area contributed by atoms with Crippen LogP contribution in [0.5, 0.6) is 5.75 Å². The SMILES string of the molecule is C[Si](C)(C)c1cccc(C=Nc2c(F)c(F)c(F)c(F)c2F)c1O.[Cl][Ti][Cl]. The minimum atomic E-state index is -2.24. The Morgan fingerprint density at radius 2 is 1.37 bits per heavy atom. The summed E-state index contributed by atoms with van der Waals surface area (Å²) in [7, 11) is 7.88. The van der Waals surface area contributed by atoms with E-state index in [0.29, 0.717) is 5.19 Å². The topological polar surface area (TPSA) is 32.6 Å². The van der Waals surface area contributed by atoms with Gasteiger partial charge in [-0.3, -0.25) is 0 Å². The van der Waals surface area contributed by atoms with Crippen LogP contribution in [0.25, 0.3) is 0 Å². The predicted molar refractivity (Wildman–Crippen MR) is 96.3 cm³/mol. The fourth-order valence-electron chi connectivity index (χ4n) is 2.11. The Kier molecular flexibility index (Phi) is 8.95. The molecule has 0 aliphatic heterocycles. The maximum absolute atomic E-state index is 13.6. The van der Waals surface area contributed by atoms with E-state index in [2.05, 4.69) is 4.99 Å². The molecule has 0 bridgehead atoms. The van der Waals surface area contributed by atoms with Gasteiger partial charge in [-0.05, 0) is 11.3 Å². The molecule has 0 spiro atoms. The van der Waals surface area contributed by atoms with E-state index in [4.69, 9.17) is 18.6 Å². The number of halogens is 7. The van der Waals surface area contributed by atoms with Gasteiger partial charge in [-0.25, -0.2) is 26.9 Å². The van der Waals surface area contributed by atoms with Gasteiger partial charge in [0.15, 0.2) is 23.3 Å². The monoisotopic (exact) mass is 477 g/mol. The van der Waals surface area contributed by atoms with Crippen molar-refractivity contribution in [3.05, 3.63) is 52.8 Å². The van der Waals surface area contributed by atoms with Crippen molar-refractivity contribution in [3.8, 4) is 5.75 Å². The number of phenolic OH excluding ortho intramolecular Hbond substituents is 1. The summed E-state index contributed by atoms with van der Waals surface area (Å²) in [5, 5.41) is 10.9. The van der Waals surface area contributed by atoms with Crippen molar-refractivity contribution >= 4 is 43.8 Å². The van der Waals surface area contributed by atoms with E-state index in [9.17, 15) is 27.1 Å². The van der Waals surface area contributed by atoms with Crippen molar-refractivity contribution in [2.45, 2.75) is 19.6 Å². The summed E-state index contributed by atoms with van der Waals surface area (Å²) in [5.74, 6) is -10.5. The van der Waals surface area contributed by atoms with Gasteiger partial charge in [-0.15, -0.1) is 0 Å². The van der Waals surface area contributed by atoms with Crippen molar-refractivity contribution in [1.82, 2.24) is 0 Å². The standard InChI is InChI=1S/C16H14F5NOSi.2ClH.Ti/c1-24(2,3)9-6-4-5-8(16(9)23)7-22-15-13(20)11(18)10(17)12(19)14(15)21;;;/h4-7,23H,1-3H3;2*1H;/q;;;+2/p-2. The predicted octanol–water partition coefficient (Wildman–Crippen LogP) is 5.76. The van der Waals surface area contributed by atoms with Crippen LogP contribution in [0.4, 0.5) is 27.6 Å². The Morgan fingerprint density at radius 1 is 0.926 bits per heavy atom. The fourth-order valence-corrected chi connectivity index (χ4v) is 3.56. The van der Waals surface area contributed by atoms with E-state index < -0.39 is 59.9 Å². The summed E-state index contributed by atoms with van der Waals surface area (Å²) >= 11 is -0.556. The Bertz CT molecular complexity index is 833. The van der Waals surface area contributed by atoms with Gasteiger partial charge in [-0.2, -0.15) is 0 Å². The fraction of sp³-hybridized carbons (Fsp3) is 0.188. The van der Waals surface area contributed by atoms with Gasteiger partial charge in [0.1, 0.15) is 11.4 Å². The molecule has 11 heteroatoms. The molecule has 0 aliphatic carbocycles. The Balaban J connectivity index is 0.00000114. The van der Waals surface area contributed by atoms with Crippen molar-refractivity contribution in [2.75, 3.05) is 0 Å². The number of nitrogens with zero attached hydrogens (tertiary/aromatic N) is 1. The summed E-state index contributed by atoms with van der Waals surface area (Å²) < 4.78 is 66.5. The molecule has 146 valence electrons. The van der Waals surface area contributed by atoms with Gasteiger partial charge in [0, 0.05) is 11.8 Å². The van der Waals surface area contributed by atoms with Crippen molar-refractivity contribution in [3.63, 3.8) is 0 Å². The second kappa shape index (κ2) is 10.0. The first kappa shape index (κ1) is 24.1. The number of hydrogen-bond acceptors (Lipinski definition) is 2. The van der Waals surface area contributed by atoms with Crippen LogP contribution in [-0.4, -0.2) is 19.4 Å². The van der Waals surface area contributed by atoms with Crippen LogP contribution in [0.2, 0.25) is 19.6 Å². The normalized spacial score (nSPS) is 11.3. The van der Waals surface area contributed by atoms with Crippen LogP contribution in [0.3, 0.4) is 0 Å². The Hall–Kier alpha value is -0.929. The minimum absolute atomic E-state index is 0.121. The average molecular weight is 478 g/mol. The molecule has 0 atom stereocenters. The van der Waals surface area contributed by atoms with E-state index in [-0.39, 0.29) is 11.3 Å². The van der Waals surface area contributed by atoms with Crippen LogP contribution in [0.15, 0.2) is 23.2 Å². The molecule has 0 heterocycles. The zero-order chi connectivity index (χ0) is 20.9. The summed E-state index contributed by atoms with van der Waals surface area (Å²) in [5.41, 5.74) is -1.18. The van der Waals surface area contributed by atoms with Crippen LogP contribution < -0.4 is 5.19 Å². The second-order valence-electron chi connectivity index (χ2n) is 6.24. The third-order valence-corrected chi connectivity index (χ3v) is 5.41. The molecule has 27 heavy (non-hydrogen) atoms. The quantitative estimate of drug-likeness (QED) is 0.197. The first-order valence-electron chi connectivity index (χ1n) is 7.31. The van der Waals surface area contributed by atoms with Crippen LogP contribution in [0, 0.1) is 29.1 Å².